The number of carbonyl (C=O) groups is 1. The van der Waals surface area contributed by atoms with Crippen molar-refractivity contribution in [1.82, 2.24) is 10.6 Å². The summed E-state index contributed by atoms with van der Waals surface area (Å²) < 4.78 is 5.01. The van der Waals surface area contributed by atoms with Gasteiger partial charge in [0.15, 0.2) is 5.76 Å². The van der Waals surface area contributed by atoms with E-state index in [9.17, 15) is 4.79 Å². The lowest BCUT2D eigenvalue weighted by Crippen LogP contribution is -2.31. The summed E-state index contributed by atoms with van der Waals surface area (Å²) in [5, 5.41) is 6.08. The second-order valence-corrected chi connectivity index (χ2v) is 5.14. The fourth-order valence-corrected chi connectivity index (χ4v) is 2.14. The molecule has 0 aliphatic rings. The quantitative estimate of drug-likeness (QED) is 0.608. The molecule has 0 saturated carbocycles. The second kappa shape index (κ2) is 7.77. The molecule has 0 unspecified atom stereocenters. The van der Waals surface area contributed by atoms with E-state index in [4.69, 9.17) is 4.42 Å². The van der Waals surface area contributed by atoms with Crippen molar-refractivity contribution >= 4 is 17.7 Å². The first kappa shape index (κ1) is 14.7. The zero-order valence-electron chi connectivity index (χ0n) is 11.4. The summed E-state index contributed by atoms with van der Waals surface area (Å²) in [6, 6.07) is 11.8. The molecule has 0 aliphatic heterocycles. The van der Waals surface area contributed by atoms with Crippen LogP contribution in [-0.2, 0) is 6.54 Å². The van der Waals surface area contributed by atoms with Gasteiger partial charge in [0.05, 0.1) is 6.26 Å². The first-order chi connectivity index (χ1) is 9.79. The minimum absolute atomic E-state index is 0.180. The summed E-state index contributed by atoms with van der Waals surface area (Å²) in [5.41, 5.74) is 1.24. The third kappa shape index (κ3) is 4.43. The molecular formula is C15H18N2O2S. The van der Waals surface area contributed by atoms with Crippen molar-refractivity contribution in [1.29, 1.82) is 0 Å². The van der Waals surface area contributed by atoms with E-state index in [0.29, 0.717) is 12.3 Å². The van der Waals surface area contributed by atoms with Crippen molar-refractivity contribution in [2.24, 2.45) is 0 Å². The van der Waals surface area contributed by atoms with Gasteiger partial charge in [-0.15, -0.1) is 11.8 Å². The number of carbonyl (C=O) groups excluding carboxylic acids is 1. The Morgan fingerprint density at radius 2 is 2.00 bits per heavy atom. The first-order valence-corrected chi connectivity index (χ1v) is 7.67. The van der Waals surface area contributed by atoms with E-state index in [-0.39, 0.29) is 5.91 Å². The zero-order chi connectivity index (χ0) is 14.2. The lowest BCUT2D eigenvalue weighted by atomic mass is 10.2. The maximum atomic E-state index is 11.6. The average molecular weight is 290 g/mol. The van der Waals surface area contributed by atoms with Gasteiger partial charge in [-0.3, -0.25) is 4.79 Å². The Morgan fingerprint density at radius 1 is 1.20 bits per heavy atom. The van der Waals surface area contributed by atoms with E-state index in [1.807, 2.05) is 0 Å². The molecule has 1 aromatic heterocycles. The molecule has 1 amide bonds. The summed E-state index contributed by atoms with van der Waals surface area (Å²) in [6.07, 6.45) is 3.56. The highest BCUT2D eigenvalue weighted by molar-refractivity contribution is 7.98. The summed E-state index contributed by atoms with van der Waals surface area (Å²) in [6.45, 7) is 2.09. The molecule has 2 aromatic rings. The molecule has 1 heterocycles. The molecule has 1 aromatic carbocycles. The van der Waals surface area contributed by atoms with Gasteiger partial charge >= 0.3 is 0 Å². The van der Waals surface area contributed by atoms with Crippen LogP contribution in [0, 0.1) is 0 Å². The predicted molar refractivity (Wildman–Crippen MR) is 81.0 cm³/mol. The number of benzene rings is 1. The van der Waals surface area contributed by atoms with Gasteiger partial charge in [-0.05, 0) is 36.1 Å². The fraction of sp³-hybridized carbons (Fsp3) is 0.267. The standard InChI is InChI=1S/C15H18N2O2S/c1-20-13-6-4-12(5-7-13)11-16-8-9-17-15(18)14-3-2-10-19-14/h2-7,10,16H,8-9,11H2,1H3,(H,17,18). The Labute approximate surface area is 122 Å². The van der Waals surface area contributed by atoms with Crippen LogP contribution in [0.1, 0.15) is 16.1 Å². The van der Waals surface area contributed by atoms with Crippen molar-refractivity contribution in [3.8, 4) is 0 Å². The number of hydrogen-bond acceptors (Lipinski definition) is 4. The minimum Gasteiger partial charge on any atom is -0.459 e. The highest BCUT2D eigenvalue weighted by Gasteiger charge is 2.06. The van der Waals surface area contributed by atoms with Crippen molar-refractivity contribution < 1.29 is 9.21 Å². The van der Waals surface area contributed by atoms with Gasteiger partial charge in [-0.2, -0.15) is 0 Å². The van der Waals surface area contributed by atoms with Gasteiger partial charge in [-0.1, -0.05) is 12.1 Å². The van der Waals surface area contributed by atoms with Gasteiger partial charge in [0.2, 0.25) is 0 Å². The molecule has 0 fully saturated rings. The molecular weight excluding hydrogens is 272 g/mol. The topological polar surface area (TPSA) is 54.3 Å². The van der Waals surface area contributed by atoms with Crippen molar-refractivity contribution in [3.63, 3.8) is 0 Å². The molecule has 0 atom stereocenters. The van der Waals surface area contributed by atoms with Crippen LogP contribution >= 0.6 is 11.8 Å². The van der Waals surface area contributed by atoms with Crippen molar-refractivity contribution in [3.05, 3.63) is 54.0 Å². The largest absolute Gasteiger partial charge is 0.459 e. The maximum absolute atomic E-state index is 11.6. The van der Waals surface area contributed by atoms with Crippen LogP contribution in [-0.4, -0.2) is 25.3 Å². The molecule has 5 heteroatoms. The van der Waals surface area contributed by atoms with Crippen molar-refractivity contribution in [2.45, 2.75) is 11.4 Å². The fourth-order valence-electron chi connectivity index (χ4n) is 1.74. The summed E-state index contributed by atoms with van der Waals surface area (Å²) >= 11 is 1.73. The molecule has 20 heavy (non-hydrogen) atoms. The molecule has 0 bridgehead atoms. The van der Waals surface area contributed by atoms with Gasteiger partial charge in [0.1, 0.15) is 0 Å². The Hall–Kier alpha value is -1.72. The smallest absolute Gasteiger partial charge is 0.287 e. The summed E-state index contributed by atoms with van der Waals surface area (Å²) in [7, 11) is 0. The third-order valence-corrected chi connectivity index (χ3v) is 3.56. The van der Waals surface area contributed by atoms with Crippen LogP contribution in [0.3, 0.4) is 0 Å². The van der Waals surface area contributed by atoms with Gasteiger partial charge < -0.3 is 15.1 Å². The molecule has 0 spiro atoms. The van der Waals surface area contributed by atoms with Crippen LogP contribution < -0.4 is 10.6 Å². The molecule has 0 aliphatic carbocycles. The van der Waals surface area contributed by atoms with Crippen LogP contribution in [0.15, 0.2) is 52.0 Å². The Bertz CT molecular complexity index is 523. The molecule has 2 rings (SSSR count). The van der Waals surface area contributed by atoms with Crippen LogP contribution in [0.25, 0.3) is 0 Å². The molecule has 106 valence electrons. The molecule has 2 N–H and O–H groups in total. The second-order valence-electron chi connectivity index (χ2n) is 4.26. The Morgan fingerprint density at radius 3 is 2.65 bits per heavy atom. The lowest BCUT2D eigenvalue weighted by molar-refractivity contribution is 0.0926. The van der Waals surface area contributed by atoms with Crippen LogP contribution in [0.4, 0.5) is 0 Å². The van der Waals surface area contributed by atoms with E-state index in [0.717, 1.165) is 13.1 Å². The molecule has 4 nitrogen and oxygen atoms in total. The predicted octanol–water partition coefficient (Wildman–Crippen LogP) is 2.52. The number of nitrogens with one attached hydrogen (secondary N) is 2. The minimum atomic E-state index is -0.180. The number of hydrogen-bond donors (Lipinski definition) is 2. The average Bonchev–Trinajstić information content (AvgIpc) is 3.01. The van der Waals surface area contributed by atoms with E-state index < -0.39 is 0 Å². The van der Waals surface area contributed by atoms with Gasteiger partial charge in [0.25, 0.3) is 5.91 Å². The normalized spacial score (nSPS) is 10.4. The first-order valence-electron chi connectivity index (χ1n) is 6.45. The zero-order valence-corrected chi connectivity index (χ0v) is 12.2. The van der Waals surface area contributed by atoms with Crippen LogP contribution in [0.5, 0.6) is 0 Å². The lowest BCUT2D eigenvalue weighted by Gasteiger charge is -2.06. The third-order valence-electron chi connectivity index (χ3n) is 2.82. The SMILES string of the molecule is CSc1ccc(CNCCNC(=O)c2ccco2)cc1. The number of furan rings is 1. The van der Waals surface area contributed by atoms with E-state index in [1.165, 1.54) is 16.7 Å². The van der Waals surface area contributed by atoms with Crippen molar-refractivity contribution in [2.75, 3.05) is 19.3 Å². The number of thioether (sulfide) groups is 1. The number of amides is 1. The Kier molecular flexibility index (Phi) is 5.70. The summed E-state index contributed by atoms with van der Waals surface area (Å²) in [4.78, 5) is 12.8. The van der Waals surface area contributed by atoms with E-state index in [1.54, 1.807) is 23.9 Å². The Balaban J connectivity index is 1.62. The highest BCUT2D eigenvalue weighted by atomic mass is 32.2. The summed E-state index contributed by atoms with van der Waals surface area (Å²) in [5.74, 6) is 0.166. The van der Waals surface area contributed by atoms with E-state index in [2.05, 4.69) is 41.2 Å². The molecule has 0 saturated heterocycles. The highest BCUT2D eigenvalue weighted by Crippen LogP contribution is 2.14. The monoisotopic (exact) mass is 290 g/mol. The molecule has 0 radical (unpaired) electrons. The number of rotatable bonds is 7. The van der Waals surface area contributed by atoms with E-state index >= 15 is 0 Å². The van der Waals surface area contributed by atoms with Gasteiger partial charge in [0, 0.05) is 24.5 Å². The maximum Gasteiger partial charge on any atom is 0.287 e. The van der Waals surface area contributed by atoms with Crippen LogP contribution in [0.2, 0.25) is 0 Å². The van der Waals surface area contributed by atoms with Gasteiger partial charge in [-0.25, -0.2) is 0 Å².